The number of methoxy groups -OCH3 is 1. The number of nitrogens with one attached hydrogen (secondary N) is 1. The lowest BCUT2D eigenvalue weighted by Gasteiger charge is -2.12. The minimum absolute atomic E-state index is 0.213. The molecule has 146 valence electrons. The minimum Gasteiger partial charge on any atom is -0.493 e. The minimum atomic E-state index is -0.213. The largest absolute Gasteiger partial charge is 0.493 e. The van der Waals surface area contributed by atoms with Crippen LogP contribution in [0.5, 0.6) is 11.5 Å². The Kier molecular flexibility index (Phi) is 5.99. The van der Waals surface area contributed by atoms with Crippen LogP contribution < -0.4 is 14.8 Å². The molecule has 0 spiro atoms. The number of aromatic nitrogens is 2. The van der Waals surface area contributed by atoms with Gasteiger partial charge in [0.2, 0.25) is 5.91 Å². The monoisotopic (exact) mass is 379 g/mol. The molecule has 6 heteroatoms. The lowest BCUT2D eigenvalue weighted by atomic mass is 10.2. The van der Waals surface area contributed by atoms with Crippen molar-refractivity contribution in [2.45, 2.75) is 20.8 Å². The molecule has 2 aromatic heterocycles. The highest BCUT2D eigenvalue weighted by molar-refractivity contribution is 6.01. The summed E-state index contributed by atoms with van der Waals surface area (Å²) >= 11 is 0. The van der Waals surface area contributed by atoms with Crippen LogP contribution in [-0.4, -0.2) is 29.0 Å². The summed E-state index contributed by atoms with van der Waals surface area (Å²) in [5.74, 6) is 1.56. The number of ether oxygens (including phenoxy) is 2. The third-order valence-corrected chi connectivity index (χ3v) is 4.03. The van der Waals surface area contributed by atoms with E-state index in [4.69, 9.17) is 9.47 Å². The van der Waals surface area contributed by atoms with Crippen molar-refractivity contribution in [2.75, 3.05) is 19.0 Å². The van der Waals surface area contributed by atoms with Gasteiger partial charge in [-0.05, 0) is 48.7 Å². The zero-order valence-electron chi connectivity index (χ0n) is 16.6. The molecule has 0 aliphatic heterocycles. The standard InChI is InChI=1S/C22H25N3O3/c1-15(2)14-28-19-8-5-17(11-20(19)27-4)6-10-22(26)24-18-7-9-21-23-16(3)12-25(21)13-18/h5-13,15H,14H2,1-4H3,(H,24,26). The first-order chi connectivity index (χ1) is 13.4. The first-order valence-electron chi connectivity index (χ1n) is 9.20. The van der Waals surface area contributed by atoms with E-state index in [1.165, 1.54) is 6.08 Å². The van der Waals surface area contributed by atoms with Gasteiger partial charge < -0.3 is 19.2 Å². The Bertz CT molecular complexity index is 1010. The second kappa shape index (κ2) is 8.61. The molecule has 3 aromatic rings. The van der Waals surface area contributed by atoms with Crippen molar-refractivity contribution in [3.05, 3.63) is 60.1 Å². The van der Waals surface area contributed by atoms with Gasteiger partial charge in [0.25, 0.3) is 0 Å². The zero-order valence-corrected chi connectivity index (χ0v) is 16.6. The normalized spacial score (nSPS) is 11.3. The van der Waals surface area contributed by atoms with Crippen molar-refractivity contribution in [3.8, 4) is 11.5 Å². The summed E-state index contributed by atoms with van der Waals surface area (Å²) in [6.45, 7) is 6.73. The molecule has 2 heterocycles. The SMILES string of the molecule is COc1cc(C=CC(=O)Nc2ccc3nc(C)cn3c2)ccc1OCC(C)C. The van der Waals surface area contributed by atoms with E-state index in [0.29, 0.717) is 29.7 Å². The fraction of sp³-hybridized carbons (Fsp3) is 0.273. The third kappa shape index (κ3) is 4.91. The number of pyridine rings is 1. The van der Waals surface area contributed by atoms with Crippen LogP contribution in [-0.2, 0) is 4.79 Å². The molecule has 0 saturated heterocycles. The molecule has 0 aliphatic carbocycles. The van der Waals surface area contributed by atoms with E-state index in [1.54, 1.807) is 13.2 Å². The Hall–Kier alpha value is -3.28. The molecule has 0 aliphatic rings. The fourth-order valence-corrected chi connectivity index (χ4v) is 2.71. The van der Waals surface area contributed by atoms with Gasteiger partial charge in [-0.15, -0.1) is 0 Å². The van der Waals surface area contributed by atoms with Crippen molar-refractivity contribution < 1.29 is 14.3 Å². The van der Waals surface area contributed by atoms with Crippen molar-refractivity contribution in [2.24, 2.45) is 5.92 Å². The molecular formula is C22H25N3O3. The third-order valence-electron chi connectivity index (χ3n) is 4.03. The highest BCUT2D eigenvalue weighted by Crippen LogP contribution is 2.29. The first-order valence-corrected chi connectivity index (χ1v) is 9.20. The van der Waals surface area contributed by atoms with Gasteiger partial charge in [-0.1, -0.05) is 19.9 Å². The van der Waals surface area contributed by atoms with Crippen LogP contribution >= 0.6 is 0 Å². The smallest absolute Gasteiger partial charge is 0.248 e. The van der Waals surface area contributed by atoms with Gasteiger partial charge in [0, 0.05) is 18.5 Å². The highest BCUT2D eigenvalue weighted by Gasteiger charge is 2.07. The summed E-state index contributed by atoms with van der Waals surface area (Å²) < 4.78 is 13.0. The summed E-state index contributed by atoms with van der Waals surface area (Å²) in [4.78, 5) is 16.6. The zero-order chi connectivity index (χ0) is 20.1. The van der Waals surface area contributed by atoms with Crippen LogP contribution in [0, 0.1) is 12.8 Å². The van der Waals surface area contributed by atoms with Crippen molar-refractivity contribution in [1.29, 1.82) is 0 Å². The number of amides is 1. The summed E-state index contributed by atoms with van der Waals surface area (Å²) in [6.07, 6.45) is 6.98. The Morgan fingerprint density at radius 3 is 2.79 bits per heavy atom. The van der Waals surface area contributed by atoms with Crippen molar-refractivity contribution in [3.63, 3.8) is 0 Å². The van der Waals surface area contributed by atoms with E-state index >= 15 is 0 Å². The molecule has 0 atom stereocenters. The van der Waals surface area contributed by atoms with E-state index in [-0.39, 0.29) is 5.91 Å². The van der Waals surface area contributed by atoms with Gasteiger partial charge >= 0.3 is 0 Å². The maximum Gasteiger partial charge on any atom is 0.248 e. The Labute approximate surface area is 164 Å². The number of aryl methyl sites for hydroxylation is 1. The van der Waals surface area contributed by atoms with E-state index in [2.05, 4.69) is 24.1 Å². The number of hydrogen-bond acceptors (Lipinski definition) is 4. The molecule has 1 N–H and O–H groups in total. The molecule has 1 aromatic carbocycles. The maximum atomic E-state index is 12.2. The first kappa shape index (κ1) is 19.5. The number of nitrogens with zero attached hydrogens (tertiary/aromatic N) is 2. The van der Waals surface area contributed by atoms with Gasteiger partial charge in [-0.2, -0.15) is 0 Å². The number of imidazole rings is 1. The molecule has 6 nitrogen and oxygen atoms in total. The predicted octanol–water partition coefficient (Wildman–Crippen LogP) is 4.34. The highest BCUT2D eigenvalue weighted by atomic mass is 16.5. The summed E-state index contributed by atoms with van der Waals surface area (Å²) in [6, 6.07) is 9.29. The molecule has 1 amide bonds. The second-order valence-electron chi connectivity index (χ2n) is 7.00. The average molecular weight is 379 g/mol. The lowest BCUT2D eigenvalue weighted by Crippen LogP contribution is -2.08. The fourth-order valence-electron chi connectivity index (χ4n) is 2.71. The second-order valence-corrected chi connectivity index (χ2v) is 7.00. The number of anilines is 1. The summed E-state index contributed by atoms with van der Waals surface area (Å²) in [5.41, 5.74) is 3.33. The molecule has 3 rings (SSSR count). The Morgan fingerprint density at radius 1 is 1.21 bits per heavy atom. The van der Waals surface area contributed by atoms with Crippen molar-refractivity contribution in [1.82, 2.24) is 9.38 Å². The van der Waals surface area contributed by atoms with E-state index in [1.807, 2.05) is 54.0 Å². The molecule has 0 unspecified atom stereocenters. The molecule has 0 saturated carbocycles. The number of benzene rings is 1. The number of rotatable bonds is 7. The number of hydrogen-bond donors (Lipinski definition) is 1. The van der Waals surface area contributed by atoms with E-state index in [0.717, 1.165) is 16.9 Å². The van der Waals surface area contributed by atoms with Crippen LogP contribution in [0.15, 0.2) is 48.8 Å². The van der Waals surface area contributed by atoms with Crippen LogP contribution in [0.1, 0.15) is 25.1 Å². The molecule has 0 bridgehead atoms. The molecule has 0 fully saturated rings. The average Bonchev–Trinajstić information content (AvgIpc) is 3.04. The van der Waals surface area contributed by atoms with Crippen molar-refractivity contribution >= 4 is 23.3 Å². The van der Waals surface area contributed by atoms with Crippen LogP contribution in [0.3, 0.4) is 0 Å². The van der Waals surface area contributed by atoms with Crippen LogP contribution in [0.2, 0.25) is 0 Å². The number of fused-ring (bicyclic) bond motifs is 1. The number of carbonyl (C=O) groups excluding carboxylic acids is 1. The number of carbonyl (C=O) groups is 1. The lowest BCUT2D eigenvalue weighted by molar-refractivity contribution is -0.111. The topological polar surface area (TPSA) is 64.9 Å². The Morgan fingerprint density at radius 2 is 2.04 bits per heavy atom. The van der Waals surface area contributed by atoms with Gasteiger partial charge in [-0.3, -0.25) is 4.79 Å². The molecule has 28 heavy (non-hydrogen) atoms. The van der Waals surface area contributed by atoms with Crippen LogP contribution in [0.25, 0.3) is 11.7 Å². The van der Waals surface area contributed by atoms with Gasteiger partial charge in [0.15, 0.2) is 11.5 Å². The molecule has 0 radical (unpaired) electrons. The van der Waals surface area contributed by atoms with Gasteiger partial charge in [0.1, 0.15) is 5.65 Å². The van der Waals surface area contributed by atoms with Gasteiger partial charge in [0.05, 0.1) is 25.1 Å². The van der Waals surface area contributed by atoms with E-state index in [9.17, 15) is 4.79 Å². The van der Waals surface area contributed by atoms with Gasteiger partial charge in [-0.25, -0.2) is 4.98 Å². The maximum absolute atomic E-state index is 12.2. The summed E-state index contributed by atoms with van der Waals surface area (Å²) in [5, 5.41) is 2.86. The van der Waals surface area contributed by atoms with E-state index < -0.39 is 0 Å². The van der Waals surface area contributed by atoms with Crippen LogP contribution in [0.4, 0.5) is 5.69 Å². The Balaban J connectivity index is 1.67. The molecular weight excluding hydrogens is 354 g/mol. The summed E-state index contributed by atoms with van der Waals surface area (Å²) in [7, 11) is 1.60. The predicted molar refractivity (Wildman–Crippen MR) is 111 cm³/mol. The quantitative estimate of drug-likeness (QED) is 0.620.